The fourth-order valence-electron chi connectivity index (χ4n) is 2.28. The highest BCUT2D eigenvalue weighted by atomic mass is 35.5. The van der Waals surface area contributed by atoms with Gasteiger partial charge in [0.25, 0.3) is 0 Å². The van der Waals surface area contributed by atoms with Gasteiger partial charge in [-0.2, -0.15) is 0 Å². The smallest absolute Gasteiger partial charge is 0.398 e. The molecule has 0 bridgehead atoms. The summed E-state index contributed by atoms with van der Waals surface area (Å²) >= 11 is 6.07. The molecule has 2 fully saturated rings. The Morgan fingerprint density at radius 2 is 1.70 bits per heavy atom. The minimum absolute atomic E-state index is 0.354. The molecule has 1 aliphatic carbocycles. The molecule has 1 aliphatic heterocycles. The molecule has 20 heavy (non-hydrogen) atoms. The van der Waals surface area contributed by atoms with Gasteiger partial charge in [0.15, 0.2) is 0 Å². The number of aliphatic hydroxyl groups is 1. The molecule has 3 rings (SSSR count). The van der Waals surface area contributed by atoms with Crippen molar-refractivity contribution in [2.24, 2.45) is 0 Å². The maximum absolute atomic E-state index is 10.2. The molecule has 0 radical (unpaired) electrons. The van der Waals surface area contributed by atoms with Crippen molar-refractivity contribution in [3.63, 3.8) is 0 Å². The molecule has 0 aromatic carbocycles. The molecule has 0 spiro atoms. The first kappa shape index (κ1) is 14.3. The fraction of sp³-hybridized carbons (Fsp3) is 0.643. The molecule has 108 valence electrons. The van der Waals surface area contributed by atoms with Crippen LogP contribution in [0.25, 0.3) is 0 Å². The quantitative estimate of drug-likeness (QED) is 0.670. The van der Waals surface area contributed by atoms with E-state index in [0.29, 0.717) is 10.7 Å². The highest BCUT2D eigenvalue weighted by Crippen LogP contribution is 2.45. The largest absolute Gasteiger partial charge is 0.514 e. The minimum Gasteiger partial charge on any atom is -0.398 e. The Balaban J connectivity index is 1.94. The van der Waals surface area contributed by atoms with Gasteiger partial charge >= 0.3 is 7.12 Å². The summed E-state index contributed by atoms with van der Waals surface area (Å²) in [7, 11) is -0.556. The molecule has 0 atom stereocenters. The van der Waals surface area contributed by atoms with E-state index in [-0.39, 0.29) is 0 Å². The van der Waals surface area contributed by atoms with Crippen LogP contribution in [-0.4, -0.2) is 28.4 Å². The predicted molar refractivity (Wildman–Crippen MR) is 78.1 cm³/mol. The standard InChI is InChI=1S/C14H19BClNO3/c1-12(2)13(3,4)20-15(19-12)10-7-9(8-11(16)17-10)14(18)5-6-14/h7-8,18H,5-6H2,1-4H3. The van der Waals surface area contributed by atoms with Crippen molar-refractivity contribution in [2.75, 3.05) is 0 Å². The maximum atomic E-state index is 10.2. The number of rotatable bonds is 2. The molecule has 1 N–H and O–H groups in total. The summed E-state index contributed by atoms with van der Waals surface area (Å²) in [5.74, 6) is 0. The third-order valence-electron chi connectivity index (χ3n) is 4.57. The number of aromatic nitrogens is 1. The normalized spacial score (nSPS) is 25.8. The zero-order valence-electron chi connectivity index (χ0n) is 12.2. The van der Waals surface area contributed by atoms with Gasteiger partial charge in [-0.1, -0.05) is 11.6 Å². The van der Waals surface area contributed by atoms with Gasteiger partial charge in [0.2, 0.25) is 0 Å². The highest BCUT2D eigenvalue weighted by molar-refractivity contribution is 6.61. The summed E-state index contributed by atoms with van der Waals surface area (Å²) < 4.78 is 11.9. The first-order chi connectivity index (χ1) is 9.13. The van der Waals surface area contributed by atoms with Gasteiger partial charge in [-0.05, 0) is 58.2 Å². The second-order valence-electron chi connectivity index (χ2n) is 6.72. The summed E-state index contributed by atoms with van der Waals surface area (Å²) in [4.78, 5) is 4.29. The van der Waals surface area contributed by atoms with Crippen molar-refractivity contribution < 1.29 is 14.4 Å². The summed E-state index contributed by atoms with van der Waals surface area (Å²) in [5.41, 5.74) is -0.171. The van der Waals surface area contributed by atoms with Crippen molar-refractivity contribution >= 4 is 24.3 Å². The van der Waals surface area contributed by atoms with Crippen molar-refractivity contribution in [1.29, 1.82) is 0 Å². The molecular formula is C14H19BClNO3. The van der Waals surface area contributed by atoms with E-state index < -0.39 is 23.9 Å². The lowest BCUT2D eigenvalue weighted by atomic mass is 9.83. The number of nitrogens with zero attached hydrogens (tertiary/aromatic N) is 1. The SMILES string of the molecule is CC1(C)OB(c2cc(C3(O)CC3)cc(Cl)n2)OC1(C)C. The van der Waals surface area contributed by atoms with Gasteiger partial charge < -0.3 is 14.4 Å². The van der Waals surface area contributed by atoms with Crippen molar-refractivity contribution in [3.05, 3.63) is 22.8 Å². The molecule has 1 saturated carbocycles. The first-order valence-electron chi connectivity index (χ1n) is 6.89. The highest BCUT2D eigenvalue weighted by Gasteiger charge is 2.53. The zero-order valence-corrected chi connectivity index (χ0v) is 13.0. The van der Waals surface area contributed by atoms with Gasteiger partial charge in [-0.25, -0.2) is 4.98 Å². The lowest BCUT2D eigenvalue weighted by molar-refractivity contribution is 0.00578. The average molecular weight is 296 g/mol. The molecule has 0 amide bonds. The van der Waals surface area contributed by atoms with Crippen LogP contribution in [0, 0.1) is 0 Å². The zero-order chi connectivity index (χ0) is 14.8. The van der Waals surface area contributed by atoms with E-state index in [1.807, 2.05) is 33.8 Å². The van der Waals surface area contributed by atoms with Crippen LogP contribution in [-0.2, 0) is 14.9 Å². The third kappa shape index (κ3) is 2.27. The Labute approximate surface area is 124 Å². The number of halogens is 1. The first-order valence-corrected chi connectivity index (χ1v) is 7.27. The number of pyridine rings is 1. The lowest BCUT2D eigenvalue weighted by Crippen LogP contribution is -2.41. The monoisotopic (exact) mass is 295 g/mol. The van der Waals surface area contributed by atoms with Crippen molar-refractivity contribution in [3.8, 4) is 0 Å². The Bertz CT molecular complexity index is 541. The van der Waals surface area contributed by atoms with E-state index in [9.17, 15) is 5.11 Å². The second kappa shape index (κ2) is 4.20. The molecule has 2 heterocycles. The molecule has 1 aromatic heterocycles. The van der Waals surface area contributed by atoms with Crippen LogP contribution in [0.2, 0.25) is 5.15 Å². The van der Waals surface area contributed by atoms with Crippen molar-refractivity contribution in [1.82, 2.24) is 4.98 Å². The maximum Gasteiger partial charge on any atom is 0.514 e. The Hall–Kier alpha value is -0.615. The lowest BCUT2D eigenvalue weighted by Gasteiger charge is -2.32. The van der Waals surface area contributed by atoms with Crippen molar-refractivity contribution in [2.45, 2.75) is 57.3 Å². The molecule has 1 aromatic rings. The molecule has 4 nitrogen and oxygen atoms in total. The van der Waals surface area contributed by atoms with E-state index in [2.05, 4.69) is 4.98 Å². The van der Waals surface area contributed by atoms with Crippen LogP contribution in [0.3, 0.4) is 0 Å². The van der Waals surface area contributed by atoms with Gasteiger partial charge in [-0.3, -0.25) is 0 Å². The molecule has 0 unspecified atom stereocenters. The minimum atomic E-state index is -0.745. The summed E-state index contributed by atoms with van der Waals surface area (Å²) in [6.45, 7) is 7.97. The van der Waals surface area contributed by atoms with Gasteiger partial charge in [-0.15, -0.1) is 0 Å². The Morgan fingerprint density at radius 1 is 1.15 bits per heavy atom. The molecule has 1 saturated heterocycles. The number of hydrogen-bond donors (Lipinski definition) is 1. The summed E-state index contributed by atoms with van der Waals surface area (Å²) in [5, 5.41) is 10.6. The molecule has 6 heteroatoms. The van der Waals surface area contributed by atoms with Gasteiger partial charge in [0.05, 0.1) is 22.4 Å². The summed E-state index contributed by atoms with van der Waals surface area (Å²) in [6.07, 6.45) is 1.52. The van der Waals surface area contributed by atoms with Crippen LogP contribution < -0.4 is 5.59 Å². The predicted octanol–water partition coefficient (Wildman–Crippen LogP) is 2.02. The van der Waals surface area contributed by atoms with E-state index in [1.165, 1.54) is 0 Å². The van der Waals surface area contributed by atoms with E-state index >= 15 is 0 Å². The molecular weight excluding hydrogens is 276 g/mol. The van der Waals surface area contributed by atoms with Gasteiger partial charge in [0.1, 0.15) is 5.15 Å². The number of hydrogen-bond acceptors (Lipinski definition) is 4. The van der Waals surface area contributed by atoms with Crippen LogP contribution in [0.15, 0.2) is 12.1 Å². The fourth-order valence-corrected chi connectivity index (χ4v) is 2.49. The van der Waals surface area contributed by atoms with E-state index in [1.54, 1.807) is 6.07 Å². The summed E-state index contributed by atoms with van der Waals surface area (Å²) in [6, 6.07) is 3.55. The van der Waals surface area contributed by atoms with E-state index in [0.717, 1.165) is 18.4 Å². The Kier molecular flexibility index (Phi) is 3.01. The average Bonchev–Trinajstić information content (AvgIpc) is 3.01. The topological polar surface area (TPSA) is 51.6 Å². The third-order valence-corrected chi connectivity index (χ3v) is 4.76. The van der Waals surface area contributed by atoms with Crippen LogP contribution in [0.5, 0.6) is 0 Å². The van der Waals surface area contributed by atoms with Crippen LogP contribution >= 0.6 is 11.6 Å². The van der Waals surface area contributed by atoms with E-state index in [4.69, 9.17) is 20.9 Å². The second-order valence-corrected chi connectivity index (χ2v) is 7.11. The van der Waals surface area contributed by atoms with Gasteiger partial charge in [0, 0.05) is 0 Å². The molecule has 2 aliphatic rings. The Morgan fingerprint density at radius 3 is 2.20 bits per heavy atom. The van der Waals surface area contributed by atoms with Crippen LogP contribution in [0.4, 0.5) is 0 Å². The van der Waals surface area contributed by atoms with Crippen LogP contribution in [0.1, 0.15) is 46.1 Å².